The van der Waals surface area contributed by atoms with E-state index in [1.165, 1.54) is 6.92 Å². The van der Waals surface area contributed by atoms with Crippen LogP contribution in [-0.2, 0) is 6.54 Å². The molecule has 0 radical (unpaired) electrons. The van der Waals surface area contributed by atoms with E-state index in [0.29, 0.717) is 4.57 Å². The molecule has 0 saturated heterocycles. The molecule has 1 rings (SSSR count). The highest BCUT2D eigenvalue weighted by Crippen LogP contribution is 2.21. The summed E-state index contributed by atoms with van der Waals surface area (Å²) >= 11 is 5.55. The molecule has 0 bridgehead atoms. The molecule has 0 spiro atoms. The molecule has 96 valence electrons. The van der Waals surface area contributed by atoms with Crippen molar-refractivity contribution in [1.29, 1.82) is 0 Å². The van der Waals surface area contributed by atoms with E-state index in [9.17, 15) is 22.8 Å². The molecule has 0 atom stereocenters. The molecular formula is C9H10ClF3N2O2. The largest absolute Gasteiger partial charge is 0.389 e. The monoisotopic (exact) mass is 270 g/mol. The summed E-state index contributed by atoms with van der Waals surface area (Å²) in [6.45, 7) is 1.10. The molecule has 0 saturated carbocycles. The molecule has 0 aromatic carbocycles. The highest BCUT2D eigenvalue weighted by molar-refractivity contribution is 6.30. The number of hydrogen-bond donors (Lipinski definition) is 1. The lowest BCUT2D eigenvalue weighted by molar-refractivity contribution is -0.135. The number of halogens is 4. The van der Waals surface area contributed by atoms with Gasteiger partial charge in [0.15, 0.2) is 0 Å². The minimum atomic E-state index is -4.29. The maximum atomic E-state index is 11.9. The van der Waals surface area contributed by atoms with Gasteiger partial charge < -0.3 is 0 Å². The van der Waals surface area contributed by atoms with E-state index in [1.54, 1.807) is 0 Å². The van der Waals surface area contributed by atoms with Crippen LogP contribution in [0.1, 0.15) is 18.4 Å². The van der Waals surface area contributed by atoms with E-state index in [0.717, 1.165) is 0 Å². The van der Waals surface area contributed by atoms with Gasteiger partial charge >= 0.3 is 11.9 Å². The second-order valence-electron chi connectivity index (χ2n) is 3.54. The molecule has 1 aromatic heterocycles. The third-order valence-corrected chi connectivity index (χ3v) is 2.58. The molecule has 0 aliphatic carbocycles. The lowest BCUT2D eigenvalue weighted by Gasteiger charge is -2.08. The van der Waals surface area contributed by atoms with Gasteiger partial charge in [-0.1, -0.05) is 11.6 Å². The second-order valence-corrected chi connectivity index (χ2v) is 3.92. The number of alkyl halides is 3. The topological polar surface area (TPSA) is 54.9 Å². The summed E-state index contributed by atoms with van der Waals surface area (Å²) in [5, 5.41) is -0.0907. The van der Waals surface area contributed by atoms with Gasteiger partial charge in [-0.15, -0.1) is 0 Å². The van der Waals surface area contributed by atoms with Crippen LogP contribution in [0, 0.1) is 6.92 Å². The summed E-state index contributed by atoms with van der Waals surface area (Å²) in [7, 11) is 0. The van der Waals surface area contributed by atoms with Crippen LogP contribution < -0.4 is 11.2 Å². The molecular weight excluding hydrogens is 261 g/mol. The van der Waals surface area contributed by atoms with E-state index in [4.69, 9.17) is 11.6 Å². The van der Waals surface area contributed by atoms with Gasteiger partial charge in [-0.2, -0.15) is 13.2 Å². The lowest BCUT2D eigenvalue weighted by Crippen LogP contribution is -2.36. The normalized spacial score (nSPS) is 11.8. The zero-order valence-corrected chi connectivity index (χ0v) is 9.65. The number of rotatable bonds is 3. The highest BCUT2D eigenvalue weighted by Gasteiger charge is 2.26. The number of hydrogen-bond acceptors (Lipinski definition) is 2. The van der Waals surface area contributed by atoms with E-state index in [-0.39, 0.29) is 23.7 Å². The highest BCUT2D eigenvalue weighted by atomic mass is 35.5. The van der Waals surface area contributed by atoms with Crippen molar-refractivity contribution in [3.05, 3.63) is 31.6 Å². The molecule has 1 heterocycles. The first-order chi connectivity index (χ1) is 7.72. The van der Waals surface area contributed by atoms with Gasteiger partial charge in [0.2, 0.25) is 0 Å². The van der Waals surface area contributed by atoms with Crippen molar-refractivity contribution in [1.82, 2.24) is 9.55 Å². The van der Waals surface area contributed by atoms with E-state index in [2.05, 4.69) is 4.98 Å². The van der Waals surface area contributed by atoms with Crippen LogP contribution in [0.3, 0.4) is 0 Å². The maximum Gasteiger partial charge on any atom is 0.389 e. The van der Waals surface area contributed by atoms with Crippen molar-refractivity contribution >= 4 is 11.6 Å². The van der Waals surface area contributed by atoms with Gasteiger partial charge in [-0.05, 0) is 13.3 Å². The van der Waals surface area contributed by atoms with Crippen LogP contribution in [0.25, 0.3) is 0 Å². The Bertz CT molecular complexity index is 518. The quantitative estimate of drug-likeness (QED) is 0.852. The maximum absolute atomic E-state index is 11.9. The number of nitrogens with one attached hydrogen (secondary N) is 1. The molecule has 0 fully saturated rings. The van der Waals surface area contributed by atoms with Crippen molar-refractivity contribution in [3.8, 4) is 0 Å². The molecule has 0 unspecified atom stereocenters. The zero-order chi connectivity index (χ0) is 13.2. The number of H-pyrrole nitrogens is 1. The van der Waals surface area contributed by atoms with Crippen LogP contribution in [0.5, 0.6) is 0 Å². The van der Waals surface area contributed by atoms with E-state index < -0.39 is 23.8 Å². The number of nitrogens with zero attached hydrogens (tertiary/aromatic N) is 1. The summed E-state index contributed by atoms with van der Waals surface area (Å²) in [4.78, 5) is 25.0. The fraction of sp³-hybridized carbons (Fsp3) is 0.556. The minimum Gasteiger partial charge on any atom is -0.297 e. The molecule has 0 aliphatic rings. The summed E-state index contributed by atoms with van der Waals surface area (Å²) in [6, 6.07) is 0. The van der Waals surface area contributed by atoms with Gasteiger partial charge in [0.05, 0.1) is 0 Å². The number of aromatic amines is 1. The van der Waals surface area contributed by atoms with E-state index >= 15 is 0 Å². The molecule has 0 amide bonds. The van der Waals surface area contributed by atoms with Crippen molar-refractivity contribution < 1.29 is 13.2 Å². The molecule has 4 nitrogen and oxygen atoms in total. The molecule has 0 aliphatic heterocycles. The van der Waals surface area contributed by atoms with Gasteiger partial charge in [-0.3, -0.25) is 14.3 Å². The smallest absolute Gasteiger partial charge is 0.297 e. The van der Waals surface area contributed by atoms with Crippen molar-refractivity contribution in [2.45, 2.75) is 32.5 Å². The second kappa shape index (κ2) is 4.95. The van der Waals surface area contributed by atoms with Gasteiger partial charge in [-0.25, -0.2) is 4.79 Å². The average molecular weight is 271 g/mol. The Morgan fingerprint density at radius 1 is 1.35 bits per heavy atom. The number of aromatic nitrogens is 2. The first kappa shape index (κ1) is 13.8. The van der Waals surface area contributed by atoms with Gasteiger partial charge in [0, 0.05) is 18.5 Å². The predicted molar refractivity (Wildman–Crippen MR) is 56.4 cm³/mol. The summed E-state index contributed by atoms with van der Waals surface area (Å²) in [6.07, 6.45) is -5.66. The summed E-state index contributed by atoms with van der Waals surface area (Å²) in [5.74, 6) is 0. The first-order valence-electron chi connectivity index (χ1n) is 4.78. The van der Waals surface area contributed by atoms with Gasteiger partial charge in [0.1, 0.15) is 5.15 Å². The van der Waals surface area contributed by atoms with Crippen LogP contribution >= 0.6 is 11.6 Å². The Labute approximate surface area is 99.0 Å². The van der Waals surface area contributed by atoms with Crippen molar-refractivity contribution in [3.63, 3.8) is 0 Å². The fourth-order valence-corrected chi connectivity index (χ4v) is 1.45. The Morgan fingerprint density at radius 3 is 2.47 bits per heavy atom. The van der Waals surface area contributed by atoms with Crippen LogP contribution in [-0.4, -0.2) is 15.7 Å². The molecule has 1 N–H and O–H groups in total. The first-order valence-corrected chi connectivity index (χ1v) is 5.16. The lowest BCUT2D eigenvalue weighted by atomic mass is 10.3. The Morgan fingerprint density at radius 2 is 1.94 bits per heavy atom. The van der Waals surface area contributed by atoms with Crippen molar-refractivity contribution in [2.75, 3.05) is 0 Å². The minimum absolute atomic E-state index is 0.0907. The van der Waals surface area contributed by atoms with Crippen molar-refractivity contribution in [2.24, 2.45) is 0 Å². The van der Waals surface area contributed by atoms with Gasteiger partial charge in [0.25, 0.3) is 5.56 Å². The molecule has 17 heavy (non-hydrogen) atoms. The zero-order valence-electron chi connectivity index (χ0n) is 8.90. The third-order valence-electron chi connectivity index (χ3n) is 2.20. The van der Waals surface area contributed by atoms with Crippen LogP contribution in [0.15, 0.2) is 9.59 Å². The van der Waals surface area contributed by atoms with E-state index in [1.807, 2.05) is 0 Å². The standard InChI is InChI=1S/C9H10ClF3N2O2/c1-5-6(10)14-8(17)15(7(5)16)4-2-3-9(11,12)13/h2-4H2,1H3,(H,14,17). The average Bonchev–Trinajstić information content (AvgIpc) is 2.18. The Balaban J connectivity index is 2.90. The predicted octanol–water partition coefficient (Wildman–Crippen LogP) is 1.84. The Kier molecular flexibility index (Phi) is 4.03. The van der Waals surface area contributed by atoms with Crippen LogP contribution in [0.4, 0.5) is 13.2 Å². The summed E-state index contributed by atoms with van der Waals surface area (Å²) < 4.78 is 36.4. The Hall–Kier alpha value is -1.24. The third kappa shape index (κ3) is 3.62. The SMILES string of the molecule is Cc1c(Cl)[nH]c(=O)n(CCCC(F)(F)F)c1=O. The summed E-state index contributed by atoms with van der Waals surface area (Å²) in [5.41, 5.74) is -1.35. The molecule has 1 aromatic rings. The fourth-order valence-electron chi connectivity index (χ4n) is 1.28. The van der Waals surface area contributed by atoms with Crippen LogP contribution in [0.2, 0.25) is 5.15 Å². The molecule has 8 heteroatoms.